The zero-order chi connectivity index (χ0) is 35.0. The first kappa shape index (κ1) is 34.1. The number of aromatic nitrogens is 4. The third-order valence-electron chi connectivity index (χ3n) is 9.74. The maximum Gasteiger partial charge on any atom is 2.00 e. The van der Waals surface area contributed by atoms with E-state index in [0.29, 0.717) is 11.5 Å². The Kier molecular flexibility index (Phi) is 8.44. The molecule has 0 N–H and O–H groups in total. The summed E-state index contributed by atoms with van der Waals surface area (Å²) in [4.78, 5) is 4.91. The molecule has 0 amide bonds. The fourth-order valence-corrected chi connectivity index (χ4v) is 8.67. The zero-order valence-corrected chi connectivity index (χ0v) is 32.9. The molecule has 0 saturated heterocycles. The van der Waals surface area contributed by atoms with Gasteiger partial charge in [0.1, 0.15) is 5.82 Å². The van der Waals surface area contributed by atoms with Crippen molar-refractivity contribution in [3.8, 4) is 34.3 Å². The molecule has 0 radical (unpaired) electrons. The predicted octanol–water partition coefficient (Wildman–Crippen LogP) is 12.0. The van der Waals surface area contributed by atoms with Gasteiger partial charge in [-0.15, -0.1) is 47.1 Å². The topological polar surface area (TPSA) is 44.9 Å². The Labute approximate surface area is 321 Å². The molecule has 0 unspecified atom stereocenters. The molecule has 5 nitrogen and oxygen atoms in total. The standard InChI is InChI=1S/C45H36N4OS.Pt/c1-27-22-28(2)42(29(3)23-27)37-19-21-48(47-37)31-10-9-11-32(25-31)50-33-14-15-36-39(26-33)49(41-24-30(18-20-46-41)45(4,5)6)38-17-16-35-34-12-7-8-13-40(34)51-44(35)43(36)38;/h7-24H,1-6H3;/q-2;+2. The van der Waals surface area contributed by atoms with Crippen LogP contribution in [0, 0.1) is 32.9 Å². The molecule has 258 valence electrons. The van der Waals surface area contributed by atoms with Crippen molar-refractivity contribution in [3.63, 3.8) is 0 Å². The van der Waals surface area contributed by atoms with Crippen LogP contribution in [0.3, 0.4) is 0 Å². The van der Waals surface area contributed by atoms with Crippen molar-refractivity contribution in [1.29, 1.82) is 0 Å². The van der Waals surface area contributed by atoms with E-state index in [-0.39, 0.29) is 26.5 Å². The fourth-order valence-electron chi connectivity index (χ4n) is 7.42. The van der Waals surface area contributed by atoms with E-state index in [9.17, 15) is 0 Å². The molecule has 5 aromatic carbocycles. The van der Waals surface area contributed by atoms with E-state index in [0.717, 1.165) is 33.6 Å². The van der Waals surface area contributed by atoms with Crippen LogP contribution in [0.2, 0.25) is 0 Å². The van der Waals surface area contributed by atoms with E-state index in [1.165, 1.54) is 53.4 Å². The van der Waals surface area contributed by atoms with Gasteiger partial charge in [-0.25, -0.2) is 4.98 Å². The number of pyridine rings is 1. The van der Waals surface area contributed by atoms with E-state index >= 15 is 0 Å². The second-order valence-corrected chi connectivity index (χ2v) is 15.5. The number of nitrogens with zero attached hydrogens (tertiary/aromatic N) is 4. The van der Waals surface area contributed by atoms with Crippen LogP contribution in [0.15, 0.2) is 109 Å². The van der Waals surface area contributed by atoms with Crippen molar-refractivity contribution < 1.29 is 25.8 Å². The summed E-state index contributed by atoms with van der Waals surface area (Å²) in [7, 11) is 0. The van der Waals surface area contributed by atoms with Gasteiger partial charge < -0.3 is 9.30 Å². The second kappa shape index (κ2) is 12.9. The van der Waals surface area contributed by atoms with Crippen LogP contribution in [0.5, 0.6) is 11.5 Å². The van der Waals surface area contributed by atoms with Gasteiger partial charge in [-0.2, -0.15) is 17.2 Å². The smallest absolute Gasteiger partial charge is 0.509 e. The quantitative estimate of drug-likeness (QED) is 0.162. The minimum absolute atomic E-state index is 0. The van der Waals surface area contributed by atoms with Crippen LogP contribution in [0.1, 0.15) is 43.0 Å². The van der Waals surface area contributed by atoms with Gasteiger partial charge in [0.05, 0.1) is 5.69 Å². The number of hydrogen-bond donors (Lipinski definition) is 0. The van der Waals surface area contributed by atoms with Crippen molar-refractivity contribution in [2.45, 2.75) is 47.0 Å². The van der Waals surface area contributed by atoms with Gasteiger partial charge in [0.25, 0.3) is 0 Å². The number of benzene rings is 5. The van der Waals surface area contributed by atoms with E-state index < -0.39 is 0 Å². The van der Waals surface area contributed by atoms with Gasteiger partial charge in [-0.3, -0.25) is 4.68 Å². The SMILES string of the molecule is Cc1cc(C)c(-c2ccn(-c3[c-]c(Oc4[c-]c5c(cc4)c4c6sc7ccccc7c6ccc4n5-c4cc(C(C)(C)C)ccn4)ccc3)n2)c(C)c1.[Pt+2]. The minimum atomic E-state index is -0.0266. The van der Waals surface area contributed by atoms with E-state index in [1.807, 2.05) is 52.7 Å². The van der Waals surface area contributed by atoms with Gasteiger partial charge in [0.2, 0.25) is 0 Å². The first-order chi connectivity index (χ1) is 24.6. The summed E-state index contributed by atoms with van der Waals surface area (Å²) in [5, 5.41) is 9.80. The average Bonchev–Trinajstić information content (AvgIpc) is 3.82. The molecular formula is C45H36N4OPtS. The molecule has 9 aromatic rings. The Morgan fingerprint density at radius 2 is 1.52 bits per heavy atom. The predicted molar refractivity (Wildman–Crippen MR) is 211 cm³/mol. The summed E-state index contributed by atoms with van der Waals surface area (Å²) >= 11 is 1.84. The summed E-state index contributed by atoms with van der Waals surface area (Å²) in [6.45, 7) is 13.1. The van der Waals surface area contributed by atoms with Gasteiger partial charge in [0, 0.05) is 55.1 Å². The van der Waals surface area contributed by atoms with E-state index in [2.05, 4.69) is 131 Å². The van der Waals surface area contributed by atoms with Crippen LogP contribution in [0.4, 0.5) is 0 Å². The first-order valence-corrected chi connectivity index (χ1v) is 18.1. The molecule has 52 heavy (non-hydrogen) atoms. The number of aryl methyl sites for hydroxylation is 3. The van der Waals surface area contributed by atoms with Crippen LogP contribution < -0.4 is 4.74 Å². The van der Waals surface area contributed by atoms with Gasteiger partial charge in [-0.05, 0) is 84.3 Å². The summed E-state index contributed by atoms with van der Waals surface area (Å²) in [6, 6.07) is 41.0. The normalized spacial score (nSPS) is 11.9. The third kappa shape index (κ3) is 5.75. The minimum Gasteiger partial charge on any atom is -0.509 e. The summed E-state index contributed by atoms with van der Waals surface area (Å²) in [6.07, 6.45) is 3.89. The maximum absolute atomic E-state index is 6.51. The molecule has 0 aliphatic carbocycles. The zero-order valence-electron chi connectivity index (χ0n) is 29.8. The summed E-state index contributed by atoms with van der Waals surface area (Å²) < 4.78 is 13.1. The van der Waals surface area contributed by atoms with Crippen LogP contribution in [-0.4, -0.2) is 19.3 Å². The number of fused-ring (bicyclic) bond motifs is 7. The molecule has 7 heteroatoms. The molecule has 0 saturated carbocycles. The molecule has 0 atom stereocenters. The Hall–Kier alpha value is -5.03. The maximum atomic E-state index is 6.51. The third-order valence-corrected chi connectivity index (χ3v) is 10.9. The summed E-state index contributed by atoms with van der Waals surface area (Å²) in [5.74, 6) is 2.05. The monoisotopic (exact) mass is 875 g/mol. The Morgan fingerprint density at radius 1 is 0.750 bits per heavy atom. The van der Waals surface area contributed by atoms with Crippen LogP contribution in [0.25, 0.3) is 64.7 Å². The number of rotatable bonds is 5. The average molecular weight is 876 g/mol. The van der Waals surface area contributed by atoms with Crippen LogP contribution >= 0.6 is 11.3 Å². The van der Waals surface area contributed by atoms with Crippen LogP contribution in [-0.2, 0) is 26.5 Å². The molecule has 9 rings (SSSR count). The molecule has 0 aliphatic rings. The Bertz CT molecular complexity index is 2790. The molecule has 4 heterocycles. The number of thiophene rings is 1. The summed E-state index contributed by atoms with van der Waals surface area (Å²) in [5.41, 5.74) is 9.80. The molecular weight excluding hydrogens is 840 g/mol. The first-order valence-electron chi connectivity index (χ1n) is 17.2. The fraction of sp³-hybridized carbons (Fsp3) is 0.156. The van der Waals surface area contributed by atoms with Crippen molar-refractivity contribution in [2.75, 3.05) is 0 Å². The van der Waals surface area contributed by atoms with E-state index in [4.69, 9.17) is 14.8 Å². The number of hydrogen-bond acceptors (Lipinski definition) is 4. The van der Waals surface area contributed by atoms with Gasteiger partial charge in [-0.1, -0.05) is 68.2 Å². The van der Waals surface area contributed by atoms with Gasteiger partial charge in [0.15, 0.2) is 0 Å². The second-order valence-electron chi connectivity index (χ2n) is 14.4. The van der Waals surface area contributed by atoms with Gasteiger partial charge >= 0.3 is 21.1 Å². The van der Waals surface area contributed by atoms with Crippen molar-refractivity contribution >= 4 is 53.3 Å². The molecule has 0 spiro atoms. The molecule has 0 fully saturated rings. The van der Waals surface area contributed by atoms with Crippen molar-refractivity contribution in [2.24, 2.45) is 0 Å². The Balaban J connectivity index is 0.00000387. The molecule has 4 aromatic heterocycles. The van der Waals surface area contributed by atoms with Crippen molar-refractivity contribution in [3.05, 3.63) is 144 Å². The largest absolute Gasteiger partial charge is 2.00 e. The number of ether oxygens (including phenoxy) is 1. The Morgan fingerprint density at radius 3 is 2.33 bits per heavy atom. The molecule has 0 bridgehead atoms. The molecule has 0 aliphatic heterocycles. The van der Waals surface area contributed by atoms with Crippen molar-refractivity contribution in [1.82, 2.24) is 19.3 Å². The van der Waals surface area contributed by atoms with E-state index in [1.54, 1.807) is 0 Å².